The van der Waals surface area contributed by atoms with Crippen LogP contribution in [0, 0.1) is 11.3 Å². The van der Waals surface area contributed by atoms with Crippen LogP contribution in [-0.2, 0) is 0 Å². The van der Waals surface area contributed by atoms with Gasteiger partial charge in [0, 0.05) is 0 Å². The molecule has 0 amide bonds. The topological polar surface area (TPSA) is 68.9 Å². The molecular formula is C12H15N3O. The average Bonchev–Trinajstić information content (AvgIpc) is 2.33. The SMILES string of the molecule is N#Cc1ccc(NC2CCCCC2O)cn1. The highest BCUT2D eigenvalue weighted by molar-refractivity contribution is 5.43. The predicted molar refractivity (Wildman–Crippen MR) is 60.8 cm³/mol. The summed E-state index contributed by atoms with van der Waals surface area (Å²) >= 11 is 0. The largest absolute Gasteiger partial charge is 0.391 e. The van der Waals surface area contributed by atoms with Gasteiger partial charge in [-0.05, 0) is 25.0 Å². The standard InChI is InChI=1S/C12H15N3O/c13-7-9-5-6-10(8-14-9)15-11-3-1-2-4-12(11)16/h5-6,8,11-12,15-16H,1-4H2. The molecule has 1 saturated carbocycles. The monoisotopic (exact) mass is 217 g/mol. The number of nitriles is 1. The Morgan fingerprint density at radius 2 is 2.19 bits per heavy atom. The fraction of sp³-hybridized carbons (Fsp3) is 0.500. The number of anilines is 1. The van der Waals surface area contributed by atoms with Crippen molar-refractivity contribution in [1.29, 1.82) is 5.26 Å². The summed E-state index contributed by atoms with van der Waals surface area (Å²) in [5, 5.41) is 21.7. The minimum atomic E-state index is -0.274. The Labute approximate surface area is 94.9 Å². The van der Waals surface area contributed by atoms with E-state index in [9.17, 15) is 5.11 Å². The Balaban J connectivity index is 2.00. The summed E-state index contributed by atoms with van der Waals surface area (Å²) in [6.45, 7) is 0. The molecule has 0 spiro atoms. The van der Waals surface area contributed by atoms with E-state index in [0.29, 0.717) is 5.69 Å². The van der Waals surface area contributed by atoms with Crippen LogP contribution in [0.5, 0.6) is 0 Å². The molecule has 84 valence electrons. The highest BCUT2D eigenvalue weighted by Crippen LogP contribution is 2.21. The van der Waals surface area contributed by atoms with Gasteiger partial charge in [-0.1, -0.05) is 12.8 Å². The highest BCUT2D eigenvalue weighted by Gasteiger charge is 2.22. The fourth-order valence-electron chi connectivity index (χ4n) is 2.04. The summed E-state index contributed by atoms with van der Waals surface area (Å²) in [5.41, 5.74) is 1.28. The summed E-state index contributed by atoms with van der Waals surface area (Å²) in [4.78, 5) is 3.98. The number of aliphatic hydroxyl groups is 1. The minimum absolute atomic E-state index is 0.114. The van der Waals surface area contributed by atoms with Crippen molar-refractivity contribution < 1.29 is 5.11 Å². The molecule has 16 heavy (non-hydrogen) atoms. The second kappa shape index (κ2) is 4.95. The maximum absolute atomic E-state index is 9.80. The number of nitrogens with one attached hydrogen (secondary N) is 1. The van der Waals surface area contributed by atoms with E-state index in [1.54, 1.807) is 12.3 Å². The first-order valence-electron chi connectivity index (χ1n) is 5.60. The average molecular weight is 217 g/mol. The van der Waals surface area contributed by atoms with Crippen molar-refractivity contribution in [3.05, 3.63) is 24.0 Å². The normalized spacial score (nSPS) is 24.8. The van der Waals surface area contributed by atoms with E-state index in [-0.39, 0.29) is 12.1 Å². The predicted octanol–water partition coefficient (Wildman–Crippen LogP) is 1.67. The third-order valence-corrected chi connectivity index (χ3v) is 2.96. The molecule has 0 aromatic carbocycles. The lowest BCUT2D eigenvalue weighted by Crippen LogP contribution is -2.36. The van der Waals surface area contributed by atoms with E-state index >= 15 is 0 Å². The Morgan fingerprint density at radius 1 is 1.38 bits per heavy atom. The molecule has 2 N–H and O–H groups in total. The van der Waals surface area contributed by atoms with Crippen molar-refractivity contribution in [2.75, 3.05) is 5.32 Å². The van der Waals surface area contributed by atoms with Crippen molar-refractivity contribution in [2.45, 2.75) is 37.8 Å². The van der Waals surface area contributed by atoms with Gasteiger partial charge in [-0.25, -0.2) is 4.98 Å². The first kappa shape index (κ1) is 10.9. The van der Waals surface area contributed by atoms with Gasteiger partial charge in [-0.15, -0.1) is 0 Å². The van der Waals surface area contributed by atoms with Crippen LogP contribution in [0.15, 0.2) is 18.3 Å². The maximum atomic E-state index is 9.80. The molecule has 1 fully saturated rings. The van der Waals surface area contributed by atoms with E-state index in [1.165, 1.54) is 0 Å². The molecule has 2 atom stereocenters. The maximum Gasteiger partial charge on any atom is 0.140 e. The molecule has 1 aromatic heterocycles. The van der Waals surface area contributed by atoms with Gasteiger partial charge in [0.05, 0.1) is 24.0 Å². The van der Waals surface area contributed by atoms with Crippen LogP contribution in [0.1, 0.15) is 31.4 Å². The van der Waals surface area contributed by atoms with E-state index in [4.69, 9.17) is 5.26 Å². The molecular weight excluding hydrogens is 202 g/mol. The Kier molecular flexibility index (Phi) is 3.37. The number of pyridine rings is 1. The molecule has 1 aliphatic carbocycles. The van der Waals surface area contributed by atoms with Crippen LogP contribution in [-0.4, -0.2) is 22.2 Å². The zero-order chi connectivity index (χ0) is 11.4. The number of aliphatic hydroxyl groups excluding tert-OH is 1. The van der Waals surface area contributed by atoms with Crippen LogP contribution >= 0.6 is 0 Å². The zero-order valence-electron chi connectivity index (χ0n) is 9.06. The first-order chi connectivity index (χ1) is 7.79. The Morgan fingerprint density at radius 3 is 2.81 bits per heavy atom. The summed E-state index contributed by atoms with van der Waals surface area (Å²) < 4.78 is 0. The fourth-order valence-corrected chi connectivity index (χ4v) is 2.04. The number of aromatic nitrogens is 1. The minimum Gasteiger partial charge on any atom is -0.391 e. The van der Waals surface area contributed by atoms with E-state index in [1.807, 2.05) is 12.1 Å². The van der Waals surface area contributed by atoms with E-state index < -0.39 is 0 Å². The first-order valence-corrected chi connectivity index (χ1v) is 5.60. The van der Waals surface area contributed by atoms with Crippen molar-refractivity contribution in [1.82, 2.24) is 4.98 Å². The smallest absolute Gasteiger partial charge is 0.140 e. The summed E-state index contributed by atoms with van der Waals surface area (Å²) in [6, 6.07) is 5.60. The lowest BCUT2D eigenvalue weighted by molar-refractivity contribution is 0.116. The second-order valence-corrected chi connectivity index (χ2v) is 4.15. The molecule has 0 bridgehead atoms. The number of rotatable bonds is 2. The molecule has 0 saturated heterocycles. The van der Waals surface area contributed by atoms with Gasteiger partial charge in [-0.3, -0.25) is 0 Å². The second-order valence-electron chi connectivity index (χ2n) is 4.15. The molecule has 1 heterocycles. The molecule has 4 heteroatoms. The van der Waals surface area contributed by atoms with Gasteiger partial charge >= 0.3 is 0 Å². The third-order valence-electron chi connectivity index (χ3n) is 2.96. The van der Waals surface area contributed by atoms with Crippen molar-refractivity contribution >= 4 is 5.69 Å². The zero-order valence-corrected chi connectivity index (χ0v) is 9.06. The lowest BCUT2D eigenvalue weighted by Gasteiger charge is -2.29. The van der Waals surface area contributed by atoms with E-state index in [2.05, 4.69) is 10.3 Å². The van der Waals surface area contributed by atoms with Gasteiger partial charge in [0.2, 0.25) is 0 Å². The van der Waals surface area contributed by atoms with Gasteiger partial charge in [0.15, 0.2) is 0 Å². The molecule has 2 rings (SSSR count). The number of hydrogen-bond acceptors (Lipinski definition) is 4. The molecule has 4 nitrogen and oxygen atoms in total. The summed E-state index contributed by atoms with van der Waals surface area (Å²) in [5.74, 6) is 0. The van der Waals surface area contributed by atoms with Crippen molar-refractivity contribution in [3.8, 4) is 6.07 Å². The molecule has 0 aliphatic heterocycles. The molecule has 1 aliphatic rings. The molecule has 1 aromatic rings. The van der Waals surface area contributed by atoms with Gasteiger partial charge < -0.3 is 10.4 Å². The van der Waals surface area contributed by atoms with Crippen LogP contribution in [0.3, 0.4) is 0 Å². The Hall–Kier alpha value is -1.60. The number of hydrogen-bond donors (Lipinski definition) is 2. The van der Waals surface area contributed by atoms with Crippen LogP contribution in [0.4, 0.5) is 5.69 Å². The van der Waals surface area contributed by atoms with Crippen LogP contribution < -0.4 is 5.32 Å². The van der Waals surface area contributed by atoms with E-state index in [0.717, 1.165) is 31.4 Å². The highest BCUT2D eigenvalue weighted by atomic mass is 16.3. The van der Waals surface area contributed by atoms with Crippen LogP contribution in [0.25, 0.3) is 0 Å². The molecule has 0 radical (unpaired) electrons. The number of nitrogens with zero attached hydrogens (tertiary/aromatic N) is 2. The third kappa shape index (κ3) is 2.50. The lowest BCUT2D eigenvalue weighted by atomic mass is 9.92. The summed E-state index contributed by atoms with van der Waals surface area (Å²) in [7, 11) is 0. The quantitative estimate of drug-likeness (QED) is 0.790. The van der Waals surface area contributed by atoms with Crippen molar-refractivity contribution in [2.24, 2.45) is 0 Å². The Bertz CT molecular complexity index is 382. The van der Waals surface area contributed by atoms with Gasteiger partial charge in [-0.2, -0.15) is 5.26 Å². The van der Waals surface area contributed by atoms with Crippen molar-refractivity contribution in [3.63, 3.8) is 0 Å². The van der Waals surface area contributed by atoms with Gasteiger partial charge in [0.25, 0.3) is 0 Å². The van der Waals surface area contributed by atoms with Crippen LogP contribution in [0.2, 0.25) is 0 Å². The summed E-state index contributed by atoms with van der Waals surface area (Å²) in [6.07, 6.45) is 5.47. The molecule has 2 unspecified atom stereocenters. The van der Waals surface area contributed by atoms with Gasteiger partial charge in [0.1, 0.15) is 11.8 Å².